The number of nitrogens with one attached hydrogen (secondary N) is 1. The van der Waals surface area contributed by atoms with Crippen molar-refractivity contribution in [2.75, 3.05) is 23.9 Å². The highest BCUT2D eigenvalue weighted by molar-refractivity contribution is 6.08. The van der Waals surface area contributed by atoms with Gasteiger partial charge in [-0.15, -0.1) is 0 Å². The number of benzene rings is 3. The van der Waals surface area contributed by atoms with Gasteiger partial charge in [-0.1, -0.05) is 23.8 Å². The molecule has 2 amide bonds. The van der Waals surface area contributed by atoms with Crippen LogP contribution >= 0.6 is 0 Å². The van der Waals surface area contributed by atoms with Gasteiger partial charge in [-0.25, -0.2) is 0 Å². The molecule has 0 aliphatic carbocycles. The first-order chi connectivity index (χ1) is 14.5. The van der Waals surface area contributed by atoms with Gasteiger partial charge in [-0.05, 0) is 67.8 Å². The fourth-order valence-corrected chi connectivity index (χ4v) is 3.79. The maximum absolute atomic E-state index is 13.1. The van der Waals surface area contributed by atoms with Gasteiger partial charge in [0.15, 0.2) is 0 Å². The molecule has 0 bridgehead atoms. The highest BCUT2D eigenvalue weighted by atomic mass is 16.5. The number of amides is 2. The third-order valence-electron chi connectivity index (χ3n) is 5.30. The molecule has 0 saturated heterocycles. The van der Waals surface area contributed by atoms with Crippen molar-refractivity contribution in [2.45, 2.75) is 19.8 Å². The molecule has 1 heterocycles. The van der Waals surface area contributed by atoms with Crippen LogP contribution in [-0.2, 0) is 6.42 Å². The molecule has 0 unspecified atom stereocenters. The molecule has 5 nitrogen and oxygen atoms in total. The average molecular weight is 400 g/mol. The number of aryl methyl sites for hydroxylation is 2. The van der Waals surface area contributed by atoms with Crippen molar-refractivity contribution in [3.63, 3.8) is 0 Å². The summed E-state index contributed by atoms with van der Waals surface area (Å²) in [6.07, 6.45) is 1.71. The van der Waals surface area contributed by atoms with Crippen molar-refractivity contribution < 1.29 is 14.3 Å². The smallest absolute Gasteiger partial charge is 0.258 e. The van der Waals surface area contributed by atoms with E-state index < -0.39 is 0 Å². The molecule has 152 valence electrons. The molecule has 1 aliphatic rings. The summed E-state index contributed by atoms with van der Waals surface area (Å²) < 4.78 is 5.21. The molecule has 30 heavy (non-hydrogen) atoms. The minimum Gasteiger partial charge on any atom is -0.497 e. The third kappa shape index (κ3) is 4.06. The summed E-state index contributed by atoms with van der Waals surface area (Å²) in [5.74, 6) is 0.491. The molecular weight excluding hydrogens is 376 g/mol. The first-order valence-electron chi connectivity index (χ1n) is 10.0. The molecule has 0 spiro atoms. The lowest BCUT2D eigenvalue weighted by Gasteiger charge is -2.30. The van der Waals surface area contributed by atoms with Gasteiger partial charge in [0.25, 0.3) is 11.8 Å². The Morgan fingerprint density at radius 2 is 1.80 bits per heavy atom. The Hall–Kier alpha value is -3.60. The number of hydrogen-bond donors (Lipinski definition) is 1. The van der Waals surface area contributed by atoms with Gasteiger partial charge in [0.1, 0.15) is 5.75 Å². The van der Waals surface area contributed by atoms with Gasteiger partial charge in [0.2, 0.25) is 0 Å². The van der Waals surface area contributed by atoms with Gasteiger partial charge >= 0.3 is 0 Å². The number of carbonyl (C=O) groups is 2. The van der Waals surface area contributed by atoms with Gasteiger partial charge in [0, 0.05) is 35.1 Å². The van der Waals surface area contributed by atoms with Crippen LogP contribution in [0.1, 0.15) is 38.3 Å². The number of anilines is 2. The Bertz CT molecular complexity index is 1110. The third-order valence-corrected chi connectivity index (χ3v) is 5.30. The summed E-state index contributed by atoms with van der Waals surface area (Å²) in [5, 5.41) is 2.91. The van der Waals surface area contributed by atoms with Crippen LogP contribution in [-0.4, -0.2) is 25.5 Å². The summed E-state index contributed by atoms with van der Waals surface area (Å²) in [7, 11) is 1.59. The van der Waals surface area contributed by atoms with Crippen molar-refractivity contribution in [3.8, 4) is 5.75 Å². The molecule has 0 saturated carbocycles. The van der Waals surface area contributed by atoms with E-state index in [1.165, 1.54) is 0 Å². The number of hydrogen-bond acceptors (Lipinski definition) is 3. The Morgan fingerprint density at radius 1 is 0.967 bits per heavy atom. The van der Waals surface area contributed by atoms with E-state index in [2.05, 4.69) is 5.32 Å². The maximum atomic E-state index is 13.1. The van der Waals surface area contributed by atoms with Gasteiger partial charge in [-0.3, -0.25) is 9.59 Å². The zero-order valence-electron chi connectivity index (χ0n) is 17.1. The molecule has 3 aromatic rings. The molecule has 5 heteroatoms. The lowest BCUT2D eigenvalue weighted by atomic mass is 9.98. The van der Waals surface area contributed by atoms with Gasteiger partial charge < -0.3 is 15.0 Å². The van der Waals surface area contributed by atoms with Gasteiger partial charge in [-0.2, -0.15) is 0 Å². The van der Waals surface area contributed by atoms with E-state index in [-0.39, 0.29) is 11.8 Å². The van der Waals surface area contributed by atoms with Crippen LogP contribution in [0.15, 0.2) is 66.7 Å². The summed E-state index contributed by atoms with van der Waals surface area (Å²) in [6.45, 7) is 2.66. The molecule has 1 N–H and O–H groups in total. The predicted octanol–water partition coefficient (Wildman–Crippen LogP) is 4.85. The summed E-state index contributed by atoms with van der Waals surface area (Å²) in [6, 6.07) is 20.4. The summed E-state index contributed by atoms with van der Waals surface area (Å²) >= 11 is 0. The lowest BCUT2D eigenvalue weighted by Crippen LogP contribution is -2.35. The van der Waals surface area contributed by atoms with Crippen molar-refractivity contribution in [3.05, 3.63) is 89.0 Å². The van der Waals surface area contributed by atoms with Crippen molar-refractivity contribution in [2.24, 2.45) is 0 Å². The highest BCUT2D eigenvalue weighted by Crippen LogP contribution is 2.30. The number of methoxy groups -OCH3 is 1. The van der Waals surface area contributed by atoms with E-state index in [9.17, 15) is 9.59 Å². The largest absolute Gasteiger partial charge is 0.497 e. The number of fused-ring (bicyclic) bond motifs is 1. The minimum absolute atomic E-state index is 0.00627. The highest BCUT2D eigenvalue weighted by Gasteiger charge is 2.24. The molecule has 0 aromatic heterocycles. The lowest BCUT2D eigenvalue weighted by molar-refractivity contribution is 0.0984. The monoisotopic (exact) mass is 400 g/mol. The standard InChI is InChI=1S/C25H24N2O3/c1-17-6-3-7-20(14-17)25(29)27-13-5-8-18-15-19(11-12-23(18)27)24(28)26-21-9-4-10-22(16-21)30-2/h3-4,6-7,9-12,14-16H,5,8,13H2,1-2H3,(H,26,28). The second kappa shape index (κ2) is 8.41. The number of ether oxygens (including phenoxy) is 1. The number of carbonyl (C=O) groups excluding carboxylic acids is 2. The fraction of sp³-hybridized carbons (Fsp3) is 0.200. The van der Waals surface area contributed by atoms with E-state index in [0.29, 0.717) is 29.1 Å². The van der Waals surface area contributed by atoms with Crippen LogP contribution in [0.25, 0.3) is 0 Å². The normalized spacial score (nSPS) is 12.8. The van der Waals surface area contributed by atoms with Crippen LogP contribution in [0, 0.1) is 6.92 Å². The van der Waals surface area contributed by atoms with Crippen molar-refractivity contribution >= 4 is 23.2 Å². The Balaban J connectivity index is 1.57. The second-order valence-electron chi connectivity index (χ2n) is 7.46. The fourth-order valence-electron chi connectivity index (χ4n) is 3.79. The number of nitrogens with zero attached hydrogens (tertiary/aromatic N) is 1. The van der Waals surface area contributed by atoms with Crippen molar-refractivity contribution in [1.82, 2.24) is 0 Å². The SMILES string of the molecule is COc1cccc(NC(=O)c2ccc3c(c2)CCCN3C(=O)c2cccc(C)c2)c1. The van der Waals surface area contributed by atoms with Crippen LogP contribution in [0.2, 0.25) is 0 Å². The quantitative estimate of drug-likeness (QED) is 0.681. The maximum Gasteiger partial charge on any atom is 0.258 e. The van der Waals surface area contributed by atoms with E-state index >= 15 is 0 Å². The van der Waals surface area contributed by atoms with E-state index in [0.717, 1.165) is 29.7 Å². The first kappa shape index (κ1) is 19.7. The zero-order valence-corrected chi connectivity index (χ0v) is 17.1. The molecular formula is C25H24N2O3. The number of rotatable bonds is 4. The van der Waals surface area contributed by atoms with E-state index in [4.69, 9.17) is 4.74 Å². The Morgan fingerprint density at radius 3 is 2.60 bits per heavy atom. The predicted molar refractivity (Wildman–Crippen MR) is 119 cm³/mol. The van der Waals surface area contributed by atoms with E-state index in [1.54, 1.807) is 19.2 Å². The average Bonchev–Trinajstić information content (AvgIpc) is 2.78. The Kier molecular flexibility index (Phi) is 5.53. The van der Waals surface area contributed by atoms with E-state index in [1.807, 2.05) is 66.4 Å². The van der Waals surface area contributed by atoms with Crippen LogP contribution in [0.3, 0.4) is 0 Å². The summed E-state index contributed by atoms with van der Waals surface area (Å²) in [4.78, 5) is 27.6. The molecule has 0 atom stereocenters. The van der Waals surface area contributed by atoms with Crippen LogP contribution in [0.4, 0.5) is 11.4 Å². The van der Waals surface area contributed by atoms with Crippen molar-refractivity contribution in [1.29, 1.82) is 0 Å². The topological polar surface area (TPSA) is 58.6 Å². The van der Waals surface area contributed by atoms with Crippen LogP contribution < -0.4 is 15.0 Å². The zero-order chi connectivity index (χ0) is 21.1. The first-order valence-corrected chi connectivity index (χ1v) is 10.0. The molecule has 0 radical (unpaired) electrons. The van der Waals surface area contributed by atoms with Crippen LogP contribution in [0.5, 0.6) is 5.75 Å². The molecule has 3 aromatic carbocycles. The molecule has 0 fully saturated rings. The summed E-state index contributed by atoms with van der Waals surface area (Å²) in [5.41, 5.74) is 4.88. The molecule has 1 aliphatic heterocycles. The molecule has 4 rings (SSSR count). The Labute approximate surface area is 176 Å². The second-order valence-corrected chi connectivity index (χ2v) is 7.46. The van der Waals surface area contributed by atoms with Gasteiger partial charge in [0.05, 0.1) is 7.11 Å². The minimum atomic E-state index is -0.187.